The van der Waals surface area contributed by atoms with Crippen LogP contribution in [0.25, 0.3) is 0 Å². The summed E-state index contributed by atoms with van der Waals surface area (Å²) in [7, 11) is 0. The van der Waals surface area contributed by atoms with Crippen LogP contribution < -0.4 is 16.8 Å². The van der Waals surface area contributed by atoms with Gasteiger partial charge in [-0.2, -0.15) is 0 Å². The quantitative estimate of drug-likeness (QED) is 0.466. The highest BCUT2D eigenvalue weighted by atomic mass is 16.2. The first-order chi connectivity index (χ1) is 8.57. The summed E-state index contributed by atoms with van der Waals surface area (Å²) in [6, 6.07) is -0.627. The summed E-state index contributed by atoms with van der Waals surface area (Å²) in [6.07, 6.45) is 7.61. The van der Waals surface area contributed by atoms with Crippen LogP contribution in [-0.2, 0) is 9.59 Å². The standard InChI is InChI=1S/C13H27N3O2.H2O/c1-2-3-4-5-6-7-10-16-13(18)11(14)8-9-12(15)17;/h11H,2-10,14H2,1H3,(H2,15,17)(H,16,18);1H2/t11-;/m0./s1. The maximum absolute atomic E-state index is 11.5. The van der Waals surface area contributed by atoms with Crippen molar-refractivity contribution < 1.29 is 15.1 Å². The van der Waals surface area contributed by atoms with Gasteiger partial charge in [0.15, 0.2) is 0 Å². The molecular weight excluding hydrogens is 246 g/mol. The van der Waals surface area contributed by atoms with Crippen molar-refractivity contribution in [3.63, 3.8) is 0 Å². The van der Waals surface area contributed by atoms with E-state index in [1.165, 1.54) is 25.7 Å². The lowest BCUT2D eigenvalue weighted by atomic mass is 10.1. The minimum atomic E-state index is -0.627. The molecule has 0 bridgehead atoms. The van der Waals surface area contributed by atoms with Crippen molar-refractivity contribution in [1.82, 2.24) is 5.32 Å². The highest BCUT2D eigenvalue weighted by Gasteiger charge is 2.13. The molecule has 0 unspecified atom stereocenters. The maximum atomic E-state index is 11.5. The molecule has 6 nitrogen and oxygen atoms in total. The molecule has 7 N–H and O–H groups in total. The van der Waals surface area contributed by atoms with Crippen molar-refractivity contribution in [2.75, 3.05) is 6.54 Å². The first-order valence-corrected chi connectivity index (χ1v) is 6.89. The summed E-state index contributed by atoms with van der Waals surface area (Å²) in [6.45, 7) is 2.85. The molecule has 0 radical (unpaired) electrons. The second-order valence-electron chi connectivity index (χ2n) is 4.67. The van der Waals surface area contributed by atoms with Gasteiger partial charge in [0.05, 0.1) is 6.04 Å². The van der Waals surface area contributed by atoms with E-state index >= 15 is 0 Å². The van der Waals surface area contributed by atoms with Crippen LogP contribution in [0.2, 0.25) is 0 Å². The fourth-order valence-corrected chi connectivity index (χ4v) is 1.68. The maximum Gasteiger partial charge on any atom is 0.236 e. The topological polar surface area (TPSA) is 130 Å². The van der Waals surface area contributed by atoms with Crippen LogP contribution in [-0.4, -0.2) is 29.9 Å². The van der Waals surface area contributed by atoms with Crippen molar-refractivity contribution in [3.05, 3.63) is 0 Å². The molecule has 114 valence electrons. The van der Waals surface area contributed by atoms with Gasteiger partial charge in [0.2, 0.25) is 11.8 Å². The minimum absolute atomic E-state index is 0. The Balaban J connectivity index is 0. The van der Waals surface area contributed by atoms with Gasteiger partial charge in [0.1, 0.15) is 0 Å². The van der Waals surface area contributed by atoms with E-state index in [9.17, 15) is 9.59 Å². The molecule has 0 saturated carbocycles. The first kappa shape index (κ1) is 20.2. The molecule has 19 heavy (non-hydrogen) atoms. The third-order valence-corrected chi connectivity index (χ3v) is 2.87. The summed E-state index contributed by atoms with van der Waals surface area (Å²) in [5.41, 5.74) is 10.6. The Morgan fingerprint density at radius 3 is 2.26 bits per heavy atom. The number of hydrogen-bond donors (Lipinski definition) is 3. The molecule has 0 aliphatic heterocycles. The molecule has 0 spiro atoms. The molecule has 1 atom stereocenters. The molecule has 0 aliphatic rings. The lowest BCUT2D eigenvalue weighted by Gasteiger charge is -2.11. The molecular formula is C13H29N3O3. The van der Waals surface area contributed by atoms with E-state index in [1.54, 1.807) is 0 Å². The number of rotatable bonds is 11. The molecule has 2 amide bonds. The van der Waals surface area contributed by atoms with Gasteiger partial charge in [-0.3, -0.25) is 9.59 Å². The van der Waals surface area contributed by atoms with Crippen molar-refractivity contribution in [2.24, 2.45) is 11.5 Å². The number of unbranched alkanes of at least 4 members (excludes halogenated alkanes) is 5. The number of amides is 2. The van der Waals surface area contributed by atoms with Crippen molar-refractivity contribution in [3.8, 4) is 0 Å². The Morgan fingerprint density at radius 1 is 1.11 bits per heavy atom. The smallest absolute Gasteiger partial charge is 0.236 e. The van der Waals surface area contributed by atoms with Gasteiger partial charge < -0.3 is 22.3 Å². The van der Waals surface area contributed by atoms with Gasteiger partial charge >= 0.3 is 0 Å². The monoisotopic (exact) mass is 275 g/mol. The number of nitrogens with one attached hydrogen (secondary N) is 1. The molecule has 0 aliphatic carbocycles. The predicted molar refractivity (Wildman–Crippen MR) is 76.4 cm³/mol. The Hall–Kier alpha value is -1.14. The fraction of sp³-hybridized carbons (Fsp3) is 0.846. The second-order valence-corrected chi connectivity index (χ2v) is 4.67. The van der Waals surface area contributed by atoms with Gasteiger partial charge in [-0.05, 0) is 12.8 Å². The van der Waals surface area contributed by atoms with Crippen LogP contribution in [0, 0.1) is 0 Å². The molecule has 0 aromatic rings. The average Bonchev–Trinajstić information content (AvgIpc) is 2.34. The van der Waals surface area contributed by atoms with Crippen molar-refractivity contribution in [2.45, 2.75) is 64.3 Å². The molecule has 0 aromatic carbocycles. The van der Waals surface area contributed by atoms with Crippen LogP contribution in [0.15, 0.2) is 0 Å². The average molecular weight is 275 g/mol. The lowest BCUT2D eigenvalue weighted by Crippen LogP contribution is -2.41. The van der Waals surface area contributed by atoms with Crippen molar-refractivity contribution in [1.29, 1.82) is 0 Å². The molecule has 0 saturated heterocycles. The second kappa shape index (κ2) is 13.3. The number of carbonyl (C=O) groups excluding carboxylic acids is 2. The summed E-state index contributed by atoms with van der Waals surface area (Å²) in [5, 5.41) is 2.78. The molecule has 6 heteroatoms. The highest BCUT2D eigenvalue weighted by molar-refractivity contribution is 5.82. The molecule has 0 fully saturated rings. The van der Waals surface area contributed by atoms with Gasteiger partial charge in [-0.15, -0.1) is 0 Å². The van der Waals surface area contributed by atoms with Crippen LogP contribution in [0.1, 0.15) is 58.3 Å². The zero-order chi connectivity index (χ0) is 13.8. The Morgan fingerprint density at radius 2 is 1.68 bits per heavy atom. The fourth-order valence-electron chi connectivity index (χ4n) is 1.68. The molecule has 0 rings (SSSR count). The Labute approximate surface area is 115 Å². The van der Waals surface area contributed by atoms with E-state index in [0.717, 1.165) is 12.8 Å². The zero-order valence-corrected chi connectivity index (χ0v) is 11.9. The molecule has 0 aromatic heterocycles. The van der Waals surface area contributed by atoms with Gasteiger partial charge in [-0.1, -0.05) is 39.0 Å². The van der Waals surface area contributed by atoms with Crippen LogP contribution in [0.3, 0.4) is 0 Å². The van der Waals surface area contributed by atoms with E-state index < -0.39 is 11.9 Å². The summed E-state index contributed by atoms with van der Waals surface area (Å²) in [5.74, 6) is -0.612. The lowest BCUT2D eigenvalue weighted by molar-refractivity contribution is -0.122. The Kier molecular flexibility index (Phi) is 14.1. The minimum Gasteiger partial charge on any atom is -0.412 e. The SMILES string of the molecule is CCCCCCCCNC(=O)[C@@H](N)CCC(N)=O.O. The zero-order valence-electron chi connectivity index (χ0n) is 11.9. The number of hydrogen-bond acceptors (Lipinski definition) is 3. The predicted octanol–water partition coefficient (Wildman–Crippen LogP) is 0.231. The Bertz CT molecular complexity index is 247. The van der Waals surface area contributed by atoms with Crippen molar-refractivity contribution >= 4 is 11.8 Å². The number of nitrogens with two attached hydrogens (primary N) is 2. The van der Waals surface area contributed by atoms with E-state index in [1.807, 2.05) is 0 Å². The molecule has 0 heterocycles. The third-order valence-electron chi connectivity index (χ3n) is 2.87. The summed E-state index contributed by atoms with van der Waals surface area (Å²) in [4.78, 5) is 22.0. The number of primary amides is 1. The van der Waals surface area contributed by atoms with E-state index in [0.29, 0.717) is 13.0 Å². The van der Waals surface area contributed by atoms with Gasteiger partial charge in [0, 0.05) is 13.0 Å². The normalized spacial score (nSPS) is 11.5. The van der Waals surface area contributed by atoms with Crippen LogP contribution in [0.4, 0.5) is 0 Å². The van der Waals surface area contributed by atoms with Crippen LogP contribution in [0.5, 0.6) is 0 Å². The van der Waals surface area contributed by atoms with Gasteiger partial charge in [-0.25, -0.2) is 0 Å². The summed E-state index contributed by atoms with van der Waals surface area (Å²) < 4.78 is 0. The first-order valence-electron chi connectivity index (χ1n) is 6.89. The third kappa shape index (κ3) is 13.1. The largest absolute Gasteiger partial charge is 0.412 e. The van der Waals surface area contributed by atoms with E-state index in [4.69, 9.17) is 11.5 Å². The van der Waals surface area contributed by atoms with E-state index in [-0.39, 0.29) is 17.8 Å². The summed E-state index contributed by atoms with van der Waals surface area (Å²) >= 11 is 0. The highest BCUT2D eigenvalue weighted by Crippen LogP contribution is 2.04. The van der Waals surface area contributed by atoms with Crippen LogP contribution >= 0.6 is 0 Å². The van der Waals surface area contributed by atoms with Gasteiger partial charge in [0.25, 0.3) is 0 Å². The number of carbonyl (C=O) groups is 2. The van der Waals surface area contributed by atoms with E-state index in [2.05, 4.69) is 12.2 Å².